The summed E-state index contributed by atoms with van der Waals surface area (Å²) in [5.41, 5.74) is 3.80. The first kappa shape index (κ1) is 22.2. The Morgan fingerprint density at radius 1 is 1.15 bits per heavy atom. The molecule has 0 radical (unpaired) electrons. The minimum atomic E-state index is 0.0341. The van der Waals surface area contributed by atoms with E-state index < -0.39 is 0 Å². The largest absolute Gasteiger partial charge is 0.340 e. The molecule has 34 heavy (non-hydrogen) atoms. The summed E-state index contributed by atoms with van der Waals surface area (Å²) < 4.78 is 7.02. The quantitative estimate of drug-likeness (QED) is 0.451. The van der Waals surface area contributed by atoms with Gasteiger partial charge in [-0.15, -0.1) is 0 Å². The fourth-order valence-electron chi connectivity index (χ4n) is 4.62. The van der Waals surface area contributed by atoms with Crippen LogP contribution in [0, 0.1) is 12.8 Å². The van der Waals surface area contributed by atoms with Crippen molar-refractivity contribution in [2.75, 3.05) is 33.7 Å². The summed E-state index contributed by atoms with van der Waals surface area (Å²) >= 11 is 0. The van der Waals surface area contributed by atoms with Crippen LogP contribution in [0.15, 0.2) is 41.2 Å². The van der Waals surface area contributed by atoms with E-state index in [2.05, 4.69) is 32.1 Å². The van der Waals surface area contributed by atoms with Gasteiger partial charge in [0.1, 0.15) is 5.69 Å². The van der Waals surface area contributed by atoms with Crippen molar-refractivity contribution in [1.82, 2.24) is 34.5 Å². The second-order valence-corrected chi connectivity index (χ2v) is 9.22. The lowest BCUT2D eigenvalue weighted by Crippen LogP contribution is -2.38. The molecule has 0 saturated carbocycles. The van der Waals surface area contributed by atoms with Gasteiger partial charge in [-0.05, 0) is 63.2 Å². The van der Waals surface area contributed by atoms with Crippen LogP contribution in [0.2, 0.25) is 0 Å². The van der Waals surface area contributed by atoms with Crippen molar-refractivity contribution < 1.29 is 9.32 Å². The van der Waals surface area contributed by atoms with Gasteiger partial charge in [-0.1, -0.05) is 5.16 Å². The van der Waals surface area contributed by atoms with Crippen LogP contribution in [-0.4, -0.2) is 74.1 Å². The minimum Gasteiger partial charge on any atom is -0.340 e. The van der Waals surface area contributed by atoms with Gasteiger partial charge in [0, 0.05) is 44.7 Å². The molecule has 4 aromatic rings. The number of carbonyl (C=O) groups excluding carboxylic acids is 1. The maximum absolute atomic E-state index is 13.3. The average molecular weight is 460 g/mol. The van der Waals surface area contributed by atoms with E-state index in [9.17, 15) is 4.79 Å². The molecule has 1 aliphatic rings. The first-order valence-electron chi connectivity index (χ1n) is 11.6. The molecular formula is C25H29N7O2. The van der Waals surface area contributed by atoms with E-state index in [1.807, 2.05) is 47.8 Å². The number of fused-ring (bicyclic) bond motifs is 1. The van der Waals surface area contributed by atoms with Crippen LogP contribution in [0.5, 0.6) is 0 Å². The zero-order valence-corrected chi connectivity index (χ0v) is 20.0. The summed E-state index contributed by atoms with van der Waals surface area (Å²) in [5, 5.41) is 4.93. The summed E-state index contributed by atoms with van der Waals surface area (Å²) in [4.78, 5) is 30.9. The highest BCUT2D eigenvalue weighted by Crippen LogP contribution is 2.26. The minimum absolute atomic E-state index is 0.0341. The van der Waals surface area contributed by atoms with Crippen molar-refractivity contribution >= 4 is 16.8 Å². The third-order valence-electron chi connectivity index (χ3n) is 6.67. The lowest BCUT2D eigenvalue weighted by Gasteiger charge is -2.31. The maximum atomic E-state index is 13.3. The summed E-state index contributed by atoms with van der Waals surface area (Å²) in [6, 6.07) is 7.64. The normalized spacial score (nSPS) is 15.2. The molecule has 0 spiro atoms. The number of carbonyl (C=O) groups is 1. The molecule has 9 nitrogen and oxygen atoms in total. The molecule has 0 N–H and O–H groups in total. The summed E-state index contributed by atoms with van der Waals surface area (Å²) in [6.45, 7) is 4.73. The molecule has 1 aliphatic heterocycles. The number of nitrogens with zero attached hydrogens (tertiary/aromatic N) is 7. The van der Waals surface area contributed by atoms with Crippen LogP contribution in [0.3, 0.4) is 0 Å². The van der Waals surface area contributed by atoms with E-state index in [0.29, 0.717) is 29.0 Å². The predicted molar refractivity (Wildman–Crippen MR) is 129 cm³/mol. The topological polar surface area (TPSA) is 93.2 Å². The van der Waals surface area contributed by atoms with Gasteiger partial charge < -0.3 is 18.9 Å². The Morgan fingerprint density at radius 2 is 1.91 bits per heavy atom. The molecule has 1 amide bonds. The molecule has 0 aliphatic carbocycles. The van der Waals surface area contributed by atoms with E-state index in [1.54, 1.807) is 19.3 Å². The molecule has 4 aromatic heterocycles. The highest BCUT2D eigenvalue weighted by molar-refractivity contribution is 5.99. The Labute approximate surface area is 198 Å². The van der Waals surface area contributed by atoms with Crippen molar-refractivity contribution in [2.45, 2.75) is 19.8 Å². The van der Waals surface area contributed by atoms with Gasteiger partial charge in [0.15, 0.2) is 0 Å². The zero-order valence-electron chi connectivity index (χ0n) is 20.0. The molecule has 9 heteroatoms. The summed E-state index contributed by atoms with van der Waals surface area (Å²) in [5.74, 6) is 1.61. The van der Waals surface area contributed by atoms with E-state index in [1.165, 1.54) is 0 Å². The average Bonchev–Trinajstić information content (AvgIpc) is 3.43. The van der Waals surface area contributed by atoms with E-state index in [-0.39, 0.29) is 5.91 Å². The molecule has 5 heterocycles. The fourth-order valence-corrected chi connectivity index (χ4v) is 4.62. The first-order valence-corrected chi connectivity index (χ1v) is 11.6. The van der Waals surface area contributed by atoms with Crippen LogP contribution in [0.1, 0.15) is 29.2 Å². The Morgan fingerprint density at radius 3 is 2.65 bits per heavy atom. The Kier molecular flexibility index (Phi) is 5.87. The first-order chi connectivity index (χ1) is 16.4. The molecule has 5 rings (SSSR count). The third-order valence-corrected chi connectivity index (χ3v) is 6.67. The standard InChI is InChI=1S/C25H29N7O2/c1-16-28-24(29-34-16)18-5-8-26-20(11-18)21-12-19-13-22(32(4)23(19)14-27-21)25(33)31(3)15-17-6-9-30(2)10-7-17/h5,8,11-14,17H,6-7,9-10,15H2,1-4H3. The van der Waals surface area contributed by atoms with Crippen LogP contribution >= 0.6 is 0 Å². The molecular weight excluding hydrogens is 430 g/mol. The van der Waals surface area contributed by atoms with Crippen LogP contribution in [0.25, 0.3) is 33.7 Å². The molecule has 0 aromatic carbocycles. The number of hydrogen-bond donors (Lipinski definition) is 0. The van der Waals surface area contributed by atoms with Gasteiger partial charge in [0.25, 0.3) is 5.91 Å². The lowest BCUT2D eigenvalue weighted by molar-refractivity contribution is 0.0738. The van der Waals surface area contributed by atoms with Gasteiger partial charge in [0.2, 0.25) is 11.7 Å². The van der Waals surface area contributed by atoms with E-state index in [4.69, 9.17) is 4.52 Å². The Hall–Kier alpha value is -3.59. The van der Waals surface area contributed by atoms with Crippen molar-refractivity contribution in [3.8, 4) is 22.8 Å². The second-order valence-electron chi connectivity index (χ2n) is 9.22. The highest BCUT2D eigenvalue weighted by Gasteiger charge is 2.23. The van der Waals surface area contributed by atoms with E-state index >= 15 is 0 Å². The number of rotatable bonds is 5. The molecule has 0 atom stereocenters. The van der Waals surface area contributed by atoms with Gasteiger partial charge in [0.05, 0.1) is 23.1 Å². The number of piperidine rings is 1. The second kappa shape index (κ2) is 8.98. The van der Waals surface area contributed by atoms with Gasteiger partial charge in [-0.25, -0.2) is 0 Å². The van der Waals surface area contributed by atoms with Crippen molar-refractivity contribution in [2.24, 2.45) is 13.0 Å². The number of aromatic nitrogens is 5. The van der Waals surface area contributed by atoms with Crippen LogP contribution in [-0.2, 0) is 7.05 Å². The van der Waals surface area contributed by atoms with Crippen LogP contribution < -0.4 is 0 Å². The van der Waals surface area contributed by atoms with Crippen molar-refractivity contribution in [3.05, 3.63) is 48.2 Å². The number of aryl methyl sites for hydroxylation is 2. The zero-order chi connectivity index (χ0) is 23.8. The van der Waals surface area contributed by atoms with Crippen molar-refractivity contribution in [3.63, 3.8) is 0 Å². The SMILES string of the molecule is Cc1nc(-c2ccnc(-c3cc4cc(C(=O)N(C)CC5CCN(C)CC5)n(C)c4cn3)c2)no1. The molecule has 176 valence electrons. The number of likely N-dealkylation sites (tertiary alicyclic amines) is 1. The molecule has 1 fully saturated rings. The lowest BCUT2D eigenvalue weighted by atomic mass is 9.96. The monoisotopic (exact) mass is 459 g/mol. The van der Waals surface area contributed by atoms with Gasteiger partial charge in [-0.2, -0.15) is 4.98 Å². The fraction of sp³-hybridized carbons (Fsp3) is 0.400. The summed E-state index contributed by atoms with van der Waals surface area (Å²) in [7, 11) is 5.97. The Balaban J connectivity index is 1.39. The number of hydrogen-bond acceptors (Lipinski definition) is 7. The third kappa shape index (κ3) is 4.31. The van der Waals surface area contributed by atoms with Gasteiger partial charge in [-0.3, -0.25) is 14.8 Å². The maximum Gasteiger partial charge on any atom is 0.270 e. The van der Waals surface area contributed by atoms with Gasteiger partial charge >= 0.3 is 0 Å². The number of amides is 1. The van der Waals surface area contributed by atoms with E-state index in [0.717, 1.165) is 54.6 Å². The smallest absolute Gasteiger partial charge is 0.270 e. The Bertz CT molecular complexity index is 1330. The molecule has 0 unspecified atom stereocenters. The van der Waals surface area contributed by atoms with Crippen molar-refractivity contribution in [1.29, 1.82) is 0 Å². The summed E-state index contributed by atoms with van der Waals surface area (Å²) in [6.07, 6.45) is 5.77. The molecule has 1 saturated heterocycles. The number of pyridine rings is 2. The predicted octanol–water partition coefficient (Wildman–Crippen LogP) is 3.41. The highest BCUT2D eigenvalue weighted by atomic mass is 16.5. The van der Waals surface area contributed by atoms with Crippen LogP contribution in [0.4, 0.5) is 0 Å². The molecule has 0 bridgehead atoms.